The monoisotopic (exact) mass is 340 g/mol. The quantitative estimate of drug-likeness (QED) is 0.651. The lowest BCUT2D eigenvalue weighted by Crippen LogP contribution is -2.38. The molecule has 1 amide bonds. The van der Waals surface area contributed by atoms with Crippen molar-refractivity contribution < 1.29 is 4.79 Å². The van der Waals surface area contributed by atoms with Gasteiger partial charge in [0.2, 0.25) is 5.91 Å². The van der Waals surface area contributed by atoms with E-state index in [0.717, 1.165) is 45.1 Å². The molecule has 1 atom stereocenters. The predicted octanol–water partition coefficient (Wildman–Crippen LogP) is 4.11. The summed E-state index contributed by atoms with van der Waals surface area (Å²) >= 11 is 0. The second kappa shape index (κ2) is 12.4. The van der Waals surface area contributed by atoms with Crippen LogP contribution >= 0.6 is 12.4 Å². The van der Waals surface area contributed by atoms with Gasteiger partial charge >= 0.3 is 0 Å². The fourth-order valence-electron chi connectivity index (χ4n) is 2.71. The molecular weight excluding hydrogens is 308 g/mol. The van der Waals surface area contributed by atoms with Crippen LogP contribution in [0.4, 0.5) is 0 Å². The first kappa shape index (κ1) is 21.9. The number of nitrogens with two attached hydrogens (primary N) is 1. The predicted molar refractivity (Wildman–Crippen MR) is 101 cm³/mol. The topological polar surface area (TPSA) is 46.3 Å². The zero-order chi connectivity index (χ0) is 16.4. The molecule has 1 rings (SSSR count). The zero-order valence-electron chi connectivity index (χ0n) is 14.9. The van der Waals surface area contributed by atoms with Crippen molar-refractivity contribution in [2.24, 2.45) is 5.73 Å². The molecule has 0 saturated heterocycles. The molecule has 0 aliphatic carbocycles. The van der Waals surface area contributed by atoms with Crippen LogP contribution in [0.15, 0.2) is 24.3 Å². The van der Waals surface area contributed by atoms with Gasteiger partial charge in [-0.25, -0.2) is 0 Å². The van der Waals surface area contributed by atoms with Gasteiger partial charge in [-0.15, -0.1) is 12.4 Å². The summed E-state index contributed by atoms with van der Waals surface area (Å²) in [5.41, 5.74) is 8.07. The second-order valence-corrected chi connectivity index (χ2v) is 6.21. The highest BCUT2D eigenvalue weighted by atomic mass is 35.5. The van der Waals surface area contributed by atoms with Crippen molar-refractivity contribution in [3.8, 4) is 0 Å². The number of benzene rings is 1. The average molecular weight is 341 g/mol. The van der Waals surface area contributed by atoms with E-state index in [2.05, 4.69) is 38.1 Å². The lowest BCUT2D eigenvalue weighted by molar-refractivity contribution is -0.132. The molecule has 1 aromatic carbocycles. The number of carbonyl (C=O) groups excluding carboxylic acids is 1. The van der Waals surface area contributed by atoms with E-state index in [1.54, 1.807) is 0 Å². The van der Waals surface area contributed by atoms with Crippen LogP contribution in [0.25, 0.3) is 0 Å². The first-order chi connectivity index (χ1) is 10.6. The largest absolute Gasteiger partial charge is 0.342 e. The number of unbranched alkanes of at least 4 members (excludes halogenated alkanes) is 3. The van der Waals surface area contributed by atoms with Gasteiger partial charge < -0.3 is 10.6 Å². The van der Waals surface area contributed by atoms with Crippen LogP contribution in [0, 0.1) is 6.92 Å². The smallest absolute Gasteiger partial charge is 0.222 e. The molecule has 0 saturated carbocycles. The highest BCUT2D eigenvalue weighted by molar-refractivity contribution is 5.85. The summed E-state index contributed by atoms with van der Waals surface area (Å²) in [6.45, 7) is 5.01. The maximum Gasteiger partial charge on any atom is 0.222 e. The Morgan fingerprint density at radius 2 is 1.74 bits per heavy atom. The summed E-state index contributed by atoms with van der Waals surface area (Å²) in [5.74, 6) is 0.270. The van der Waals surface area contributed by atoms with E-state index in [0.29, 0.717) is 12.5 Å². The average Bonchev–Trinajstić information content (AvgIpc) is 2.53. The van der Waals surface area contributed by atoms with Crippen molar-refractivity contribution in [3.05, 3.63) is 35.4 Å². The Kier molecular flexibility index (Phi) is 11.8. The number of carbonyl (C=O) groups is 1. The minimum atomic E-state index is 0. The van der Waals surface area contributed by atoms with Gasteiger partial charge in [-0.3, -0.25) is 4.79 Å². The molecule has 0 heterocycles. The molecule has 0 bridgehead atoms. The fourth-order valence-corrected chi connectivity index (χ4v) is 2.71. The lowest BCUT2D eigenvalue weighted by atomic mass is 10.0. The summed E-state index contributed by atoms with van der Waals surface area (Å²) in [7, 11) is 1.95. The number of aryl methyl sites for hydroxylation is 1. The maximum absolute atomic E-state index is 12.3. The third-order valence-electron chi connectivity index (χ3n) is 4.35. The van der Waals surface area contributed by atoms with Crippen molar-refractivity contribution in [1.82, 2.24) is 4.90 Å². The molecule has 0 aliphatic rings. The van der Waals surface area contributed by atoms with Gasteiger partial charge in [0.25, 0.3) is 0 Å². The molecule has 0 fully saturated rings. The van der Waals surface area contributed by atoms with Crippen LogP contribution < -0.4 is 5.73 Å². The normalized spacial score (nSPS) is 11.7. The van der Waals surface area contributed by atoms with Gasteiger partial charge in [-0.1, -0.05) is 49.6 Å². The van der Waals surface area contributed by atoms with Crippen LogP contribution in [0.5, 0.6) is 0 Å². The number of rotatable bonds is 10. The molecule has 132 valence electrons. The number of hydrogen-bond donors (Lipinski definition) is 1. The Morgan fingerprint density at radius 1 is 1.13 bits per heavy atom. The Balaban J connectivity index is 0.00000484. The number of nitrogens with zero attached hydrogens (tertiary/aromatic N) is 1. The van der Waals surface area contributed by atoms with E-state index < -0.39 is 0 Å². The molecule has 0 aromatic heterocycles. The lowest BCUT2D eigenvalue weighted by Gasteiger charge is -2.27. The molecule has 0 aliphatic heterocycles. The maximum atomic E-state index is 12.3. The fraction of sp³-hybridized carbons (Fsp3) is 0.632. The van der Waals surface area contributed by atoms with Gasteiger partial charge in [-0.05, 0) is 44.7 Å². The Hall–Kier alpha value is -1.06. The molecule has 0 radical (unpaired) electrons. The first-order valence-electron chi connectivity index (χ1n) is 8.59. The first-order valence-corrected chi connectivity index (χ1v) is 8.59. The molecule has 2 N–H and O–H groups in total. The van der Waals surface area contributed by atoms with Gasteiger partial charge in [0.15, 0.2) is 0 Å². The number of likely N-dealkylation sites (N-methyl/N-ethyl adjacent to an activating group) is 1. The number of halogens is 1. The summed E-state index contributed by atoms with van der Waals surface area (Å²) in [6.07, 6.45) is 6.86. The van der Waals surface area contributed by atoms with Gasteiger partial charge in [0.1, 0.15) is 0 Å². The summed E-state index contributed by atoms with van der Waals surface area (Å²) in [4.78, 5) is 14.3. The van der Waals surface area contributed by atoms with Gasteiger partial charge in [0.05, 0.1) is 0 Å². The Labute approximate surface area is 148 Å². The SMILES string of the molecule is CCC(Cc1ccc(C)cc1)N(C)C(=O)CCCCCCN.Cl. The minimum absolute atomic E-state index is 0. The highest BCUT2D eigenvalue weighted by Gasteiger charge is 2.18. The number of hydrogen-bond acceptors (Lipinski definition) is 2. The molecule has 1 unspecified atom stereocenters. The zero-order valence-corrected chi connectivity index (χ0v) is 15.7. The van der Waals surface area contributed by atoms with Crippen LogP contribution in [0.1, 0.15) is 56.6 Å². The number of amides is 1. The molecule has 3 nitrogen and oxygen atoms in total. The van der Waals surface area contributed by atoms with Crippen molar-refractivity contribution in [3.63, 3.8) is 0 Å². The molecule has 4 heteroatoms. The Morgan fingerprint density at radius 3 is 2.30 bits per heavy atom. The summed E-state index contributed by atoms with van der Waals surface area (Å²) < 4.78 is 0. The standard InChI is InChI=1S/C19H32N2O.ClH/c1-4-18(15-17-12-10-16(2)11-13-17)21(3)19(22)9-7-5-6-8-14-20;/h10-13,18H,4-9,14-15,20H2,1-3H3;1H. The van der Waals surface area contributed by atoms with Crippen molar-refractivity contribution in [2.75, 3.05) is 13.6 Å². The van der Waals surface area contributed by atoms with Gasteiger partial charge in [0, 0.05) is 19.5 Å². The van der Waals surface area contributed by atoms with Gasteiger partial charge in [-0.2, -0.15) is 0 Å². The van der Waals surface area contributed by atoms with Crippen LogP contribution in [-0.4, -0.2) is 30.4 Å². The second-order valence-electron chi connectivity index (χ2n) is 6.21. The van der Waals surface area contributed by atoms with E-state index in [9.17, 15) is 4.79 Å². The summed E-state index contributed by atoms with van der Waals surface area (Å²) in [5, 5.41) is 0. The van der Waals surface area contributed by atoms with E-state index in [-0.39, 0.29) is 18.3 Å². The van der Waals surface area contributed by atoms with E-state index in [1.165, 1.54) is 11.1 Å². The van der Waals surface area contributed by atoms with E-state index >= 15 is 0 Å². The highest BCUT2D eigenvalue weighted by Crippen LogP contribution is 2.14. The van der Waals surface area contributed by atoms with E-state index in [1.807, 2.05) is 11.9 Å². The summed E-state index contributed by atoms with van der Waals surface area (Å²) in [6, 6.07) is 8.91. The van der Waals surface area contributed by atoms with Crippen LogP contribution in [0.3, 0.4) is 0 Å². The van der Waals surface area contributed by atoms with E-state index in [4.69, 9.17) is 5.73 Å². The third kappa shape index (κ3) is 8.38. The van der Waals surface area contributed by atoms with Crippen LogP contribution in [-0.2, 0) is 11.2 Å². The van der Waals surface area contributed by atoms with Crippen molar-refractivity contribution in [2.45, 2.75) is 64.8 Å². The Bertz CT molecular complexity index is 434. The van der Waals surface area contributed by atoms with Crippen LogP contribution in [0.2, 0.25) is 0 Å². The third-order valence-corrected chi connectivity index (χ3v) is 4.35. The molecule has 0 spiro atoms. The minimum Gasteiger partial charge on any atom is -0.342 e. The molecule has 1 aromatic rings. The van der Waals surface area contributed by atoms with Crippen molar-refractivity contribution >= 4 is 18.3 Å². The molecular formula is C19H33ClN2O. The van der Waals surface area contributed by atoms with Crippen molar-refractivity contribution in [1.29, 1.82) is 0 Å². The molecule has 23 heavy (non-hydrogen) atoms.